The molecule has 33 heavy (non-hydrogen) atoms. The predicted octanol–water partition coefficient (Wildman–Crippen LogP) is 3.29. The van der Waals surface area contributed by atoms with Gasteiger partial charge in [0.2, 0.25) is 11.9 Å². The summed E-state index contributed by atoms with van der Waals surface area (Å²) >= 11 is 0. The number of piperidine rings is 1. The van der Waals surface area contributed by atoms with Crippen molar-refractivity contribution < 1.29 is 9.18 Å². The average Bonchev–Trinajstić information content (AvgIpc) is 3.51. The smallest absolute Gasteiger partial charge is 0.225 e. The maximum Gasteiger partial charge on any atom is 0.225 e. The number of likely N-dealkylation sites (tertiary alicyclic amines) is 1. The summed E-state index contributed by atoms with van der Waals surface area (Å²) in [4.78, 5) is 30.6. The second-order valence-corrected chi connectivity index (χ2v) is 8.87. The van der Waals surface area contributed by atoms with Gasteiger partial charge in [-0.1, -0.05) is 12.1 Å². The second kappa shape index (κ2) is 9.64. The number of nitrogens with one attached hydrogen (secondary N) is 1. The van der Waals surface area contributed by atoms with Gasteiger partial charge in [-0.25, -0.2) is 19.3 Å². The molecule has 2 aromatic heterocycles. The van der Waals surface area contributed by atoms with E-state index in [0.29, 0.717) is 24.6 Å². The van der Waals surface area contributed by atoms with E-state index >= 15 is 0 Å². The maximum atomic E-state index is 13.2. The molecule has 0 aliphatic carbocycles. The van der Waals surface area contributed by atoms with Crippen molar-refractivity contribution in [1.82, 2.24) is 30.0 Å². The van der Waals surface area contributed by atoms with E-state index in [4.69, 9.17) is 0 Å². The molecule has 0 unspecified atom stereocenters. The lowest BCUT2D eigenvalue weighted by Gasteiger charge is -2.33. The van der Waals surface area contributed by atoms with E-state index in [-0.39, 0.29) is 17.8 Å². The zero-order valence-corrected chi connectivity index (χ0v) is 18.5. The molecule has 3 aromatic rings. The van der Waals surface area contributed by atoms with Gasteiger partial charge < -0.3 is 9.80 Å². The van der Waals surface area contributed by atoms with Crippen LogP contribution in [-0.2, 0) is 11.2 Å². The molecule has 1 amide bonds. The van der Waals surface area contributed by atoms with Crippen molar-refractivity contribution in [2.75, 3.05) is 24.5 Å². The second-order valence-electron chi connectivity index (χ2n) is 8.87. The van der Waals surface area contributed by atoms with Gasteiger partial charge in [0.25, 0.3) is 0 Å². The Morgan fingerprint density at radius 2 is 1.82 bits per heavy atom. The molecule has 2 aliphatic heterocycles. The van der Waals surface area contributed by atoms with Gasteiger partial charge >= 0.3 is 0 Å². The first-order valence-electron chi connectivity index (χ1n) is 11.6. The molecule has 5 rings (SSSR count). The third kappa shape index (κ3) is 5.02. The van der Waals surface area contributed by atoms with E-state index in [0.717, 1.165) is 62.7 Å². The third-order valence-electron chi connectivity index (χ3n) is 6.62. The molecule has 1 N–H and O–H groups in total. The maximum absolute atomic E-state index is 13.2. The van der Waals surface area contributed by atoms with Crippen molar-refractivity contribution in [3.63, 3.8) is 0 Å². The van der Waals surface area contributed by atoms with Crippen molar-refractivity contribution in [3.05, 3.63) is 65.8 Å². The van der Waals surface area contributed by atoms with Gasteiger partial charge in [-0.2, -0.15) is 5.10 Å². The van der Waals surface area contributed by atoms with Crippen LogP contribution >= 0.6 is 0 Å². The number of H-pyrrole nitrogens is 1. The van der Waals surface area contributed by atoms with Crippen LogP contribution in [0.2, 0.25) is 0 Å². The first-order chi connectivity index (χ1) is 16.2. The molecule has 172 valence electrons. The molecular formula is C24H28FN7O. The molecule has 4 heterocycles. The van der Waals surface area contributed by atoms with Gasteiger partial charge in [0.1, 0.15) is 11.6 Å². The number of benzene rings is 1. The number of aromatic nitrogens is 5. The van der Waals surface area contributed by atoms with Crippen LogP contribution in [0.25, 0.3) is 0 Å². The van der Waals surface area contributed by atoms with Gasteiger partial charge in [-0.05, 0) is 55.4 Å². The van der Waals surface area contributed by atoms with E-state index in [1.807, 2.05) is 11.0 Å². The zero-order chi connectivity index (χ0) is 22.6. The monoisotopic (exact) mass is 449 g/mol. The highest BCUT2D eigenvalue weighted by molar-refractivity contribution is 5.77. The van der Waals surface area contributed by atoms with Crippen LogP contribution < -0.4 is 4.90 Å². The molecule has 2 saturated heterocycles. The van der Waals surface area contributed by atoms with Crippen LogP contribution in [0.3, 0.4) is 0 Å². The average molecular weight is 450 g/mol. The Balaban J connectivity index is 1.17. The molecule has 8 nitrogen and oxygen atoms in total. The number of amides is 1. The molecule has 2 aliphatic rings. The Bertz CT molecular complexity index is 1060. The summed E-state index contributed by atoms with van der Waals surface area (Å²) in [7, 11) is 0. The molecule has 2 fully saturated rings. The van der Waals surface area contributed by atoms with Crippen LogP contribution in [0.5, 0.6) is 0 Å². The number of carbonyl (C=O) groups excluding carboxylic acids is 1. The first-order valence-corrected chi connectivity index (χ1v) is 11.6. The molecule has 1 atom stereocenters. The predicted molar refractivity (Wildman–Crippen MR) is 121 cm³/mol. The summed E-state index contributed by atoms with van der Waals surface area (Å²) in [6, 6.07) is 8.13. The number of carbonyl (C=O) groups is 1. The summed E-state index contributed by atoms with van der Waals surface area (Å²) in [5.41, 5.74) is 0.964. The van der Waals surface area contributed by atoms with Gasteiger partial charge in [0.15, 0.2) is 5.82 Å². The quantitative estimate of drug-likeness (QED) is 0.621. The standard InChI is InChI=1S/C24H28FN7O/c25-19-6-4-17(5-7-19)15-21-28-23(30-29-21)20-3-1-12-32(20)22(33)16-18-8-13-31(14-9-18)24-26-10-2-11-27-24/h2,4-7,10-11,18,20H,1,3,8-9,12-16H2,(H,28,29,30)/t20-/m0/s1. The van der Waals surface area contributed by atoms with Crippen molar-refractivity contribution in [2.24, 2.45) is 5.92 Å². The Labute approximate surface area is 192 Å². The fourth-order valence-electron chi connectivity index (χ4n) is 4.82. The van der Waals surface area contributed by atoms with Crippen molar-refractivity contribution >= 4 is 11.9 Å². The molecule has 0 spiro atoms. The molecule has 0 saturated carbocycles. The third-order valence-corrected chi connectivity index (χ3v) is 6.62. The number of aromatic amines is 1. The number of nitrogens with zero attached hydrogens (tertiary/aromatic N) is 6. The first kappa shape index (κ1) is 21.5. The summed E-state index contributed by atoms with van der Waals surface area (Å²) in [5.74, 6) is 2.48. The van der Waals surface area contributed by atoms with E-state index in [9.17, 15) is 9.18 Å². The van der Waals surface area contributed by atoms with Crippen molar-refractivity contribution in [3.8, 4) is 0 Å². The highest BCUT2D eigenvalue weighted by atomic mass is 19.1. The van der Waals surface area contributed by atoms with Crippen LogP contribution in [0.15, 0.2) is 42.7 Å². The van der Waals surface area contributed by atoms with Gasteiger partial charge in [0, 0.05) is 44.9 Å². The number of halogens is 1. The minimum Gasteiger partial charge on any atom is -0.341 e. The lowest BCUT2D eigenvalue weighted by molar-refractivity contribution is -0.133. The van der Waals surface area contributed by atoms with Crippen LogP contribution in [0.1, 0.15) is 55.4 Å². The lowest BCUT2D eigenvalue weighted by Crippen LogP contribution is -2.38. The Morgan fingerprint density at radius 3 is 2.58 bits per heavy atom. The molecule has 0 bridgehead atoms. The van der Waals surface area contributed by atoms with Crippen LogP contribution in [-0.4, -0.2) is 55.6 Å². The number of anilines is 1. The van der Waals surface area contributed by atoms with E-state index in [2.05, 4.69) is 30.0 Å². The van der Waals surface area contributed by atoms with Gasteiger partial charge in [0.05, 0.1) is 6.04 Å². The van der Waals surface area contributed by atoms with E-state index in [1.165, 1.54) is 12.1 Å². The van der Waals surface area contributed by atoms with Crippen molar-refractivity contribution in [1.29, 1.82) is 0 Å². The normalized spacial score (nSPS) is 19.2. The fourth-order valence-corrected chi connectivity index (χ4v) is 4.82. The number of rotatable bonds is 6. The van der Waals surface area contributed by atoms with Gasteiger partial charge in [-0.3, -0.25) is 9.89 Å². The Morgan fingerprint density at radius 1 is 1.06 bits per heavy atom. The number of hydrogen-bond acceptors (Lipinski definition) is 6. The minimum atomic E-state index is -0.254. The van der Waals surface area contributed by atoms with Gasteiger partial charge in [-0.15, -0.1) is 0 Å². The van der Waals surface area contributed by atoms with E-state index < -0.39 is 0 Å². The summed E-state index contributed by atoms with van der Waals surface area (Å²) < 4.78 is 13.1. The Kier molecular flexibility index (Phi) is 6.28. The Hall–Kier alpha value is -3.36. The summed E-state index contributed by atoms with van der Waals surface area (Å²) in [6.45, 7) is 2.50. The lowest BCUT2D eigenvalue weighted by atomic mass is 9.93. The minimum absolute atomic E-state index is 0.0754. The van der Waals surface area contributed by atoms with Crippen LogP contribution in [0.4, 0.5) is 10.3 Å². The zero-order valence-electron chi connectivity index (χ0n) is 18.5. The summed E-state index contributed by atoms with van der Waals surface area (Å²) in [5, 5.41) is 7.41. The largest absolute Gasteiger partial charge is 0.341 e. The highest BCUT2D eigenvalue weighted by Crippen LogP contribution is 2.32. The summed E-state index contributed by atoms with van der Waals surface area (Å²) in [6.07, 6.45) is 8.41. The van der Waals surface area contributed by atoms with Crippen molar-refractivity contribution in [2.45, 2.75) is 44.6 Å². The SMILES string of the molecule is O=C(CC1CCN(c2ncccn2)CC1)N1CCC[C@H]1c1n[nH]c(Cc2ccc(F)cc2)n1. The highest BCUT2D eigenvalue weighted by Gasteiger charge is 2.34. The molecule has 0 radical (unpaired) electrons. The molecule has 9 heteroatoms. The van der Waals surface area contributed by atoms with E-state index in [1.54, 1.807) is 24.5 Å². The van der Waals surface area contributed by atoms with Crippen LogP contribution in [0, 0.1) is 11.7 Å². The molecule has 1 aromatic carbocycles. The molecular weight excluding hydrogens is 421 g/mol. The topological polar surface area (TPSA) is 90.9 Å². The fraction of sp³-hybridized carbons (Fsp3) is 0.458. The number of hydrogen-bond donors (Lipinski definition) is 1.